The molecule has 0 N–H and O–H groups in total. The summed E-state index contributed by atoms with van der Waals surface area (Å²) in [5, 5.41) is -0.268. The van der Waals surface area contributed by atoms with E-state index in [1.807, 2.05) is 37.3 Å². The first-order valence-electron chi connectivity index (χ1n) is 5.52. The number of hydrogen-bond donors (Lipinski definition) is 0. The maximum Gasteiger partial charge on any atom is 0.221 e. The largest absolute Gasteiger partial charge is 0.374 e. The molecule has 16 heavy (non-hydrogen) atoms. The molecule has 88 valence electrons. The van der Waals surface area contributed by atoms with Crippen LogP contribution in [0.3, 0.4) is 0 Å². The number of rotatable bonds is 7. The lowest BCUT2D eigenvalue weighted by Crippen LogP contribution is -2.08. The minimum Gasteiger partial charge on any atom is -0.374 e. The minimum atomic E-state index is -0.268. The van der Waals surface area contributed by atoms with Gasteiger partial charge in [0.05, 0.1) is 12.7 Å². The molecule has 0 amide bonds. The van der Waals surface area contributed by atoms with Gasteiger partial charge < -0.3 is 4.74 Å². The third-order valence-electron chi connectivity index (χ3n) is 2.36. The van der Waals surface area contributed by atoms with Crippen LogP contribution in [-0.2, 0) is 16.1 Å². The van der Waals surface area contributed by atoms with E-state index in [-0.39, 0.29) is 11.3 Å². The van der Waals surface area contributed by atoms with Crippen molar-refractivity contribution in [2.45, 2.75) is 38.9 Å². The van der Waals surface area contributed by atoms with Crippen molar-refractivity contribution in [1.29, 1.82) is 0 Å². The summed E-state index contributed by atoms with van der Waals surface area (Å²) in [4.78, 5) is 10.5. The van der Waals surface area contributed by atoms with Gasteiger partial charge in [-0.15, -0.1) is 0 Å². The highest BCUT2D eigenvalue weighted by molar-refractivity contribution is 6.63. The Labute approximate surface area is 102 Å². The zero-order valence-electron chi connectivity index (χ0n) is 9.49. The Morgan fingerprint density at radius 3 is 2.69 bits per heavy atom. The number of carbonyl (C=O) groups excluding carboxylic acids is 1. The van der Waals surface area contributed by atoms with Gasteiger partial charge in [-0.05, 0) is 36.9 Å². The van der Waals surface area contributed by atoms with Crippen molar-refractivity contribution in [3.63, 3.8) is 0 Å². The third-order valence-corrected chi connectivity index (χ3v) is 2.55. The van der Waals surface area contributed by atoms with Crippen LogP contribution >= 0.6 is 11.6 Å². The van der Waals surface area contributed by atoms with Gasteiger partial charge in [0.25, 0.3) is 0 Å². The van der Waals surface area contributed by atoms with E-state index in [9.17, 15) is 4.79 Å². The van der Waals surface area contributed by atoms with Crippen molar-refractivity contribution in [2.75, 3.05) is 0 Å². The second kappa shape index (κ2) is 7.42. The fourth-order valence-electron chi connectivity index (χ4n) is 1.42. The van der Waals surface area contributed by atoms with Gasteiger partial charge in [0.1, 0.15) is 0 Å². The van der Waals surface area contributed by atoms with Gasteiger partial charge in [0, 0.05) is 6.42 Å². The molecule has 1 aromatic carbocycles. The first-order valence-corrected chi connectivity index (χ1v) is 5.90. The Bertz CT molecular complexity index is 311. The number of benzene rings is 1. The van der Waals surface area contributed by atoms with E-state index in [4.69, 9.17) is 16.3 Å². The second-order valence-electron chi connectivity index (χ2n) is 3.85. The standard InChI is InChI=1S/C13H17ClO2/c1-11(6-5-9-13(14)15)16-10-12-7-3-2-4-8-12/h2-4,7-8,11H,5-6,9-10H2,1H3. The molecule has 1 rings (SSSR count). The van der Waals surface area contributed by atoms with E-state index in [1.54, 1.807) is 0 Å². The van der Waals surface area contributed by atoms with Gasteiger partial charge in [-0.25, -0.2) is 0 Å². The summed E-state index contributed by atoms with van der Waals surface area (Å²) in [6.07, 6.45) is 2.25. The molecule has 1 aromatic rings. The Kier molecular flexibility index (Phi) is 6.12. The molecule has 1 unspecified atom stereocenters. The van der Waals surface area contributed by atoms with Crippen molar-refractivity contribution in [3.8, 4) is 0 Å². The lowest BCUT2D eigenvalue weighted by molar-refractivity contribution is -0.111. The monoisotopic (exact) mass is 240 g/mol. The summed E-state index contributed by atoms with van der Waals surface area (Å²) >= 11 is 5.25. The van der Waals surface area contributed by atoms with Crippen LogP contribution in [0.25, 0.3) is 0 Å². The van der Waals surface area contributed by atoms with E-state index in [2.05, 4.69) is 0 Å². The predicted octanol–water partition coefficient (Wildman–Crippen LogP) is 3.53. The van der Waals surface area contributed by atoms with Gasteiger partial charge in [0.15, 0.2) is 0 Å². The summed E-state index contributed by atoms with van der Waals surface area (Å²) in [5.74, 6) is 0. The summed E-state index contributed by atoms with van der Waals surface area (Å²) in [7, 11) is 0. The summed E-state index contributed by atoms with van der Waals surface area (Å²) in [6, 6.07) is 10.0. The number of halogens is 1. The maximum absolute atomic E-state index is 10.5. The molecule has 0 saturated carbocycles. The number of ether oxygens (including phenoxy) is 1. The normalized spacial score (nSPS) is 12.4. The topological polar surface area (TPSA) is 26.3 Å². The van der Waals surface area contributed by atoms with Gasteiger partial charge >= 0.3 is 0 Å². The first kappa shape index (κ1) is 13.2. The molecule has 3 heteroatoms. The van der Waals surface area contributed by atoms with Crippen LogP contribution in [0.2, 0.25) is 0 Å². The van der Waals surface area contributed by atoms with E-state index < -0.39 is 0 Å². The quantitative estimate of drug-likeness (QED) is 0.682. The van der Waals surface area contributed by atoms with E-state index in [0.717, 1.165) is 12.8 Å². The summed E-state index contributed by atoms with van der Waals surface area (Å²) in [5.41, 5.74) is 1.17. The lowest BCUT2D eigenvalue weighted by Gasteiger charge is -2.12. The molecule has 0 aliphatic heterocycles. The van der Waals surface area contributed by atoms with E-state index in [1.165, 1.54) is 5.56 Å². The molecular weight excluding hydrogens is 224 g/mol. The molecule has 0 fully saturated rings. The molecule has 0 aliphatic rings. The van der Waals surface area contributed by atoms with E-state index in [0.29, 0.717) is 13.0 Å². The Balaban J connectivity index is 2.15. The molecule has 0 heterocycles. The third kappa shape index (κ3) is 5.89. The van der Waals surface area contributed by atoms with Gasteiger partial charge in [-0.1, -0.05) is 30.3 Å². The fraction of sp³-hybridized carbons (Fsp3) is 0.462. The molecule has 0 saturated heterocycles. The molecule has 2 nitrogen and oxygen atoms in total. The number of hydrogen-bond acceptors (Lipinski definition) is 2. The van der Waals surface area contributed by atoms with Crippen LogP contribution in [0, 0.1) is 0 Å². The molecule has 0 bridgehead atoms. The SMILES string of the molecule is CC(CCCC(=O)Cl)OCc1ccccc1. The highest BCUT2D eigenvalue weighted by Gasteiger charge is 2.04. The average Bonchev–Trinajstić information content (AvgIpc) is 2.27. The van der Waals surface area contributed by atoms with Crippen LogP contribution in [-0.4, -0.2) is 11.3 Å². The lowest BCUT2D eigenvalue weighted by atomic mass is 10.2. The van der Waals surface area contributed by atoms with Gasteiger partial charge in [0.2, 0.25) is 5.24 Å². The Morgan fingerprint density at radius 2 is 2.06 bits per heavy atom. The van der Waals surface area contributed by atoms with Gasteiger partial charge in [-0.3, -0.25) is 4.79 Å². The van der Waals surface area contributed by atoms with Gasteiger partial charge in [-0.2, -0.15) is 0 Å². The highest BCUT2D eigenvalue weighted by Crippen LogP contribution is 2.09. The van der Waals surface area contributed by atoms with Crippen molar-refractivity contribution in [3.05, 3.63) is 35.9 Å². The Morgan fingerprint density at radius 1 is 1.38 bits per heavy atom. The van der Waals surface area contributed by atoms with Crippen molar-refractivity contribution in [2.24, 2.45) is 0 Å². The fourth-order valence-corrected chi connectivity index (χ4v) is 1.56. The molecule has 0 aliphatic carbocycles. The molecular formula is C13H17ClO2. The highest BCUT2D eigenvalue weighted by atomic mass is 35.5. The number of carbonyl (C=O) groups is 1. The molecule has 0 aromatic heterocycles. The molecule has 0 radical (unpaired) electrons. The minimum absolute atomic E-state index is 0.163. The van der Waals surface area contributed by atoms with Crippen molar-refractivity contribution >= 4 is 16.8 Å². The van der Waals surface area contributed by atoms with Crippen LogP contribution < -0.4 is 0 Å². The van der Waals surface area contributed by atoms with Crippen molar-refractivity contribution < 1.29 is 9.53 Å². The maximum atomic E-state index is 10.5. The Hall–Kier alpha value is -0.860. The summed E-state index contributed by atoms with van der Waals surface area (Å²) < 4.78 is 5.66. The van der Waals surface area contributed by atoms with E-state index >= 15 is 0 Å². The first-order chi connectivity index (χ1) is 7.68. The average molecular weight is 241 g/mol. The smallest absolute Gasteiger partial charge is 0.221 e. The second-order valence-corrected chi connectivity index (χ2v) is 4.28. The van der Waals surface area contributed by atoms with Crippen LogP contribution in [0.4, 0.5) is 0 Å². The zero-order valence-corrected chi connectivity index (χ0v) is 10.2. The molecule has 1 atom stereocenters. The van der Waals surface area contributed by atoms with Crippen LogP contribution in [0.1, 0.15) is 31.7 Å². The summed E-state index contributed by atoms with van der Waals surface area (Å²) in [6.45, 7) is 2.64. The zero-order chi connectivity index (χ0) is 11.8. The molecule has 0 spiro atoms. The van der Waals surface area contributed by atoms with Crippen molar-refractivity contribution in [1.82, 2.24) is 0 Å². The predicted molar refractivity (Wildman–Crippen MR) is 65.4 cm³/mol. The van der Waals surface area contributed by atoms with Crippen LogP contribution in [0.5, 0.6) is 0 Å². The van der Waals surface area contributed by atoms with Crippen LogP contribution in [0.15, 0.2) is 30.3 Å².